The van der Waals surface area contributed by atoms with Crippen LogP contribution in [0.5, 0.6) is 0 Å². The van der Waals surface area contributed by atoms with E-state index in [0.29, 0.717) is 18.6 Å². The SMILES string of the molecule is CCCCCCCCCCCCC(=O)N[C@H]1C(CO)OCC(NC(=O)Nc2cccc(C(F)(F)F)c2)[C@H]1O[C@@H]1OC(CO)[C@H](O)[C@H](O)C1NC(=O)Nc1cccc(C(F)(F)F)c1. The van der Waals surface area contributed by atoms with Crippen LogP contribution in [-0.2, 0) is 31.4 Å². The van der Waals surface area contributed by atoms with Gasteiger partial charge in [0.15, 0.2) is 6.29 Å². The van der Waals surface area contributed by atoms with Crippen LogP contribution < -0.4 is 26.6 Å². The number of nitrogens with one attached hydrogen (secondary N) is 5. The molecule has 15 nitrogen and oxygen atoms in total. The summed E-state index contributed by atoms with van der Waals surface area (Å²) in [6, 6.07) is 0.845. The van der Waals surface area contributed by atoms with Gasteiger partial charge in [-0.05, 0) is 42.8 Å². The number of carbonyl (C=O) groups is 3. The number of benzene rings is 2. The van der Waals surface area contributed by atoms with Crippen LogP contribution in [0.1, 0.15) is 88.7 Å². The fourth-order valence-electron chi connectivity index (χ4n) is 7.27. The topological polar surface area (TPSA) is 220 Å². The van der Waals surface area contributed by atoms with Crippen molar-refractivity contribution in [3.8, 4) is 0 Å². The number of anilines is 2. The van der Waals surface area contributed by atoms with E-state index in [1.165, 1.54) is 25.3 Å². The standard InChI is InChI=1S/C41H57F6N5O10/c1-2-3-4-5-6-7-8-9-10-11-18-31(55)51-32-29(21-53)60-23-28(50-38(58)48-26-16-12-14-24(19-26)40(42,43)44)36(32)62-37-33(35(57)34(56)30(22-54)61-37)52-39(59)49-27-17-13-15-25(20-27)41(45,46)47/h12-17,19-20,28-30,32-37,53-54,56-57H,2-11,18,21-23H2,1H3,(H,51,55)(H2,48,50,58)(H2,49,52,59)/t28?,29?,30?,32-,33?,34-,35+,36+,37-/m0/s1. The van der Waals surface area contributed by atoms with Crippen molar-refractivity contribution in [2.24, 2.45) is 0 Å². The van der Waals surface area contributed by atoms with Crippen LogP contribution in [0, 0.1) is 0 Å². The maximum Gasteiger partial charge on any atom is 0.416 e. The average Bonchev–Trinajstić information content (AvgIpc) is 3.21. The highest BCUT2D eigenvalue weighted by molar-refractivity contribution is 5.90. The summed E-state index contributed by atoms with van der Waals surface area (Å²) in [4.78, 5) is 39.9. The van der Waals surface area contributed by atoms with Crippen LogP contribution in [-0.4, -0.2) is 113 Å². The molecule has 0 radical (unpaired) electrons. The Kier molecular flexibility index (Phi) is 19.5. The molecule has 2 heterocycles. The Hall–Kier alpha value is -4.25. The van der Waals surface area contributed by atoms with Crippen LogP contribution in [0.3, 0.4) is 0 Å². The summed E-state index contributed by atoms with van der Waals surface area (Å²) < 4.78 is 98.1. The predicted molar refractivity (Wildman–Crippen MR) is 213 cm³/mol. The van der Waals surface area contributed by atoms with Gasteiger partial charge in [0.1, 0.15) is 36.6 Å². The summed E-state index contributed by atoms with van der Waals surface area (Å²) >= 11 is 0. The first kappa shape index (κ1) is 50.4. The smallest absolute Gasteiger partial charge is 0.394 e. The molecule has 2 aliphatic rings. The van der Waals surface area contributed by atoms with Crippen molar-refractivity contribution in [3.63, 3.8) is 0 Å². The van der Waals surface area contributed by atoms with Crippen molar-refractivity contribution in [1.29, 1.82) is 0 Å². The van der Waals surface area contributed by atoms with E-state index in [9.17, 15) is 61.2 Å². The van der Waals surface area contributed by atoms with Crippen LogP contribution in [0.15, 0.2) is 48.5 Å². The molecule has 4 unspecified atom stereocenters. The lowest BCUT2D eigenvalue weighted by Gasteiger charge is -2.47. The zero-order valence-electron chi connectivity index (χ0n) is 34.2. The van der Waals surface area contributed by atoms with Crippen LogP contribution in [0.2, 0.25) is 0 Å². The first-order chi connectivity index (χ1) is 29.4. The molecular weight excluding hydrogens is 836 g/mol. The number of unbranched alkanes of at least 4 members (excludes halogenated alkanes) is 9. The number of aliphatic hydroxyl groups excluding tert-OH is 4. The monoisotopic (exact) mass is 893 g/mol. The fourth-order valence-corrected chi connectivity index (χ4v) is 7.27. The van der Waals surface area contributed by atoms with Gasteiger partial charge in [0.2, 0.25) is 5.91 Å². The Balaban J connectivity index is 1.56. The summed E-state index contributed by atoms with van der Waals surface area (Å²) in [5.74, 6) is -0.498. The third-order valence-electron chi connectivity index (χ3n) is 10.6. The van der Waals surface area contributed by atoms with E-state index >= 15 is 0 Å². The lowest BCUT2D eigenvalue weighted by Crippen LogP contribution is -2.70. The quantitative estimate of drug-likeness (QED) is 0.0608. The number of halogens is 6. The molecule has 2 fully saturated rings. The van der Waals surface area contributed by atoms with Gasteiger partial charge in [-0.25, -0.2) is 9.59 Å². The Morgan fingerprint density at radius 2 is 1.21 bits per heavy atom. The molecule has 0 spiro atoms. The van der Waals surface area contributed by atoms with Crippen LogP contribution >= 0.6 is 0 Å². The van der Waals surface area contributed by atoms with E-state index < -0.39 is 116 Å². The third-order valence-corrected chi connectivity index (χ3v) is 10.6. The summed E-state index contributed by atoms with van der Waals surface area (Å²) in [5, 5.41) is 54.4. The molecule has 9 atom stereocenters. The summed E-state index contributed by atoms with van der Waals surface area (Å²) in [6.45, 7) is 0.153. The minimum Gasteiger partial charge on any atom is -0.394 e. The van der Waals surface area contributed by atoms with Crippen molar-refractivity contribution in [2.45, 2.75) is 145 Å². The van der Waals surface area contributed by atoms with E-state index in [1.807, 2.05) is 0 Å². The van der Waals surface area contributed by atoms with Gasteiger partial charge in [-0.1, -0.05) is 76.8 Å². The number of urea groups is 2. The molecule has 0 bridgehead atoms. The highest BCUT2D eigenvalue weighted by Crippen LogP contribution is 2.33. The number of amides is 5. The second-order valence-electron chi connectivity index (χ2n) is 15.4. The molecule has 2 aromatic carbocycles. The van der Waals surface area contributed by atoms with Crippen molar-refractivity contribution in [2.75, 3.05) is 30.5 Å². The minimum absolute atomic E-state index is 0.0449. The molecule has 348 valence electrons. The Morgan fingerprint density at radius 3 is 1.73 bits per heavy atom. The van der Waals surface area contributed by atoms with Gasteiger partial charge in [-0.15, -0.1) is 0 Å². The Morgan fingerprint density at radius 1 is 0.694 bits per heavy atom. The van der Waals surface area contributed by atoms with Crippen LogP contribution in [0.4, 0.5) is 47.3 Å². The highest BCUT2D eigenvalue weighted by atomic mass is 19.4. The van der Waals surface area contributed by atoms with Crippen molar-refractivity contribution in [3.05, 3.63) is 59.7 Å². The van der Waals surface area contributed by atoms with Crippen molar-refractivity contribution >= 4 is 29.3 Å². The maximum atomic E-state index is 13.4. The zero-order chi connectivity index (χ0) is 45.5. The lowest BCUT2D eigenvalue weighted by atomic mass is 9.93. The van der Waals surface area contributed by atoms with E-state index in [-0.39, 0.29) is 17.8 Å². The largest absolute Gasteiger partial charge is 0.416 e. The number of carbonyl (C=O) groups excluding carboxylic acids is 3. The lowest BCUT2D eigenvalue weighted by molar-refractivity contribution is -0.293. The average molecular weight is 894 g/mol. The normalized spacial score (nSPS) is 25.4. The van der Waals surface area contributed by atoms with Gasteiger partial charge >= 0.3 is 24.4 Å². The first-order valence-electron chi connectivity index (χ1n) is 20.7. The van der Waals surface area contributed by atoms with E-state index in [4.69, 9.17) is 14.2 Å². The number of hydrogen-bond acceptors (Lipinski definition) is 10. The Bertz CT molecular complexity index is 1730. The molecular formula is C41H57F6N5O10. The number of alkyl halides is 6. The number of rotatable bonds is 20. The number of ether oxygens (including phenoxy) is 3. The van der Waals surface area contributed by atoms with Gasteiger partial charge < -0.3 is 61.2 Å². The fraction of sp³-hybridized carbons (Fsp3) is 0.634. The second-order valence-corrected chi connectivity index (χ2v) is 15.4. The molecule has 2 aliphatic heterocycles. The molecule has 9 N–H and O–H groups in total. The van der Waals surface area contributed by atoms with Gasteiger partial charge in [0.05, 0.1) is 43.0 Å². The predicted octanol–water partition coefficient (Wildman–Crippen LogP) is 5.42. The summed E-state index contributed by atoms with van der Waals surface area (Å²) in [6.07, 6.45) is -9.13. The number of hydrogen-bond donors (Lipinski definition) is 9. The molecule has 2 aromatic rings. The summed E-state index contributed by atoms with van der Waals surface area (Å²) in [5.41, 5.74) is -2.66. The van der Waals surface area contributed by atoms with E-state index in [1.54, 1.807) is 0 Å². The van der Waals surface area contributed by atoms with Crippen molar-refractivity contribution < 1.29 is 75.4 Å². The van der Waals surface area contributed by atoms with Gasteiger partial charge in [0, 0.05) is 17.8 Å². The molecule has 0 aromatic heterocycles. The highest BCUT2D eigenvalue weighted by Gasteiger charge is 2.50. The molecule has 4 rings (SSSR count). The third kappa shape index (κ3) is 15.2. The molecule has 5 amide bonds. The first-order valence-corrected chi connectivity index (χ1v) is 20.7. The van der Waals surface area contributed by atoms with E-state index in [2.05, 4.69) is 33.5 Å². The zero-order valence-corrected chi connectivity index (χ0v) is 34.2. The molecule has 0 saturated carbocycles. The van der Waals surface area contributed by atoms with Gasteiger partial charge in [-0.3, -0.25) is 4.79 Å². The molecule has 0 aliphatic carbocycles. The maximum absolute atomic E-state index is 13.4. The molecule has 21 heteroatoms. The van der Waals surface area contributed by atoms with Gasteiger partial charge in [-0.2, -0.15) is 26.3 Å². The van der Waals surface area contributed by atoms with Crippen LogP contribution in [0.25, 0.3) is 0 Å². The van der Waals surface area contributed by atoms with E-state index in [0.717, 1.165) is 68.9 Å². The number of aliphatic hydroxyl groups is 4. The second kappa shape index (κ2) is 24.0. The molecule has 62 heavy (non-hydrogen) atoms. The minimum atomic E-state index is -4.74. The van der Waals surface area contributed by atoms with Crippen molar-refractivity contribution in [1.82, 2.24) is 16.0 Å². The summed E-state index contributed by atoms with van der Waals surface area (Å²) in [7, 11) is 0. The van der Waals surface area contributed by atoms with Gasteiger partial charge in [0.25, 0.3) is 0 Å². The Labute approximate surface area is 355 Å². The molecule has 2 saturated heterocycles.